The van der Waals surface area contributed by atoms with Crippen molar-refractivity contribution in [2.45, 2.75) is 26.9 Å². The molecule has 1 amide bonds. The van der Waals surface area contributed by atoms with Crippen molar-refractivity contribution < 1.29 is 19.1 Å². The van der Waals surface area contributed by atoms with Crippen LogP contribution in [-0.2, 0) is 14.3 Å². The van der Waals surface area contributed by atoms with E-state index in [2.05, 4.69) is 5.32 Å². The topological polar surface area (TPSA) is 64.6 Å². The van der Waals surface area contributed by atoms with Crippen LogP contribution in [0.3, 0.4) is 0 Å². The number of carbonyl (C=O) groups excluding carboxylic acids is 2. The second kappa shape index (κ2) is 9.42. The fraction of sp³-hybridized carbons (Fsp3) is 0.238. The highest BCUT2D eigenvalue weighted by atomic mass is 16.5. The van der Waals surface area contributed by atoms with Gasteiger partial charge in [0.2, 0.25) is 0 Å². The molecule has 2 aromatic carbocycles. The molecule has 1 N–H and O–H groups in total. The highest BCUT2D eigenvalue weighted by Gasteiger charge is 2.16. The van der Waals surface area contributed by atoms with Crippen molar-refractivity contribution in [3.8, 4) is 5.75 Å². The number of rotatable bonds is 7. The summed E-state index contributed by atoms with van der Waals surface area (Å²) in [4.78, 5) is 24.0. The van der Waals surface area contributed by atoms with Crippen LogP contribution in [0, 0.1) is 6.92 Å². The van der Waals surface area contributed by atoms with Crippen LogP contribution in [0.15, 0.2) is 54.6 Å². The summed E-state index contributed by atoms with van der Waals surface area (Å²) in [6.45, 7) is 6.00. The first kappa shape index (κ1) is 19.2. The lowest BCUT2D eigenvalue weighted by molar-refractivity contribution is -0.148. The number of aryl methyl sites for hydroxylation is 1. The van der Waals surface area contributed by atoms with E-state index in [0.717, 1.165) is 16.9 Å². The number of hydrogen-bond acceptors (Lipinski definition) is 4. The SMILES string of the molecule is CCOc1ccc(NC(=O)C(C)OC(=O)/C=C/c2ccc(C)cc2)cc1. The summed E-state index contributed by atoms with van der Waals surface area (Å²) < 4.78 is 10.5. The number of amides is 1. The van der Waals surface area contributed by atoms with Crippen LogP contribution in [0.5, 0.6) is 5.75 Å². The maximum atomic E-state index is 12.1. The van der Waals surface area contributed by atoms with Crippen molar-refractivity contribution in [3.63, 3.8) is 0 Å². The smallest absolute Gasteiger partial charge is 0.331 e. The summed E-state index contributed by atoms with van der Waals surface area (Å²) in [5, 5.41) is 2.70. The van der Waals surface area contributed by atoms with Crippen molar-refractivity contribution in [2.24, 2.45) is 0 Å². The molecule has 0 fully saturated rings. The highest BCUT2D eigenvalue weighted by Crippen LogP contribution is 2.16. The van der Waals surface area contributed by atoms with Gasteiger partial charge in [-0.3, -0.25) is 4.79 Å². The van der Waals surface area contributed by atoms with Crippen LogP contribution >= 0.6 is 0 Å². The molecule has 0 aromatic heterocycles. The molecule has 0 spiro atoms. The van der Waals surface area contributed by atoms with Crippen LogP contribution in [0.2, 0.25) is 0 Å². The zero-order valence-electron chi connectivity index (χ0n) is 15.2. The van der Waals surface area contributed by atoms with Gasteiger partial charge in [0.1, 0.15) is 5.75 Å². The quantitative estimate of drug-likeness (QED) is 0.604. The molecule has 2 rings (SSSR count). The first-order chi connectivity index (χ1) is 12.5. The zero-order valence-corrected chi connectivity index (χ0v) is 15.2. The van der Waals surface area contributed by atoms with E-state index in [4.69, 9.17) is 9.47 Å². The lowest BCUT2D eigenvalue weighted by Crippen LogP contribution is -2.29. The van der Waals surface area contributed by atoms with Crippen LogP contribution in [0.25, 0.3) is 6.08 Å². The Hall–Kier alpha value is -3.08. The van der Waals surface area contributed by atoms with Gasteiger partial charge in [0.15, 0.2) is 6.10 Å². The van der Waals surface area contributed by atoms with Crippen molar-refractivity contribution in [3.05, 3.63) is 65.7 Å². The van der Waals surface area contributed by atoms with Crippen LogP contribution < -0.4 is 10.1 Å². The van der Waals surface area contributed by atoms with Gasteiger partial charge in [0.25, 0.3) is 5.91 Å². The Morgan fingerprint density at radius 1 is 1.08 bits per heavy atom. The predicted molar refractivity (Wildman–Crippen MR) is 102 cm³/mol. The van der Waals surface area contributed by atoms with Crippen LogP contribution in [0.4, 0.5) is 5.69 Å². The molecule has 1 atom stereocenters. The van der Waals surface area contributed by atoms with Crippen molar-refractivity contribution in [2.75, 3.05) is 11.9 Å². The zero-order chi connectivity index (χ0) is 18.9. The molecule has 0 radical (unpaired) electrons. The third-order valence-electron chi connectivity index (χ3n) is 3.58. The standard InChI is InChI=1S/C21H23NO4/c1-4-25-19-12-10-18(11-13-19)22-21(24)16(3)26-20(23)14-9-17-7-5-15(2)6-8-17/h5-14,16H,4H2,1-3H3,(H,22,24)/b14-9+. The molecule has 0 saturated heterocycles. The average Bonchev–Trinajstić information content (AvgIpc) is 2.63. The molecule has 0 saturated carbocycles. The number of hydrogen-bond donors (Lipinski definition) is 1. The Labute approximate surface area is 153 Å². The van der Waals surface area contributed by atoms with E-state index in [1.54, 1.807) is 30.3 Å². The van der Waals surface area contributed by atoms with E-state index < -0.39 is 18.0 Å². The van der Waals surface area contributed by atoms with E-state index in [1.807, 2.05) is 38.1 Å². The molecule has 26 heavy (non-hydrogen) atoms. The summed E-state index contributed by atoms with van der Waals surface area (Å²) >= 11 is 0. The Balaban J connectivity index is 1.85. The van der Waals surface area contributed by atoms with Crippen molar-refractivity contribution in [1.82, 2.24) is 0 Å². The summed E-state index contributed by atoms with van der Waals surface area (Å²) in [5.41, 5.74) is 2.64. The number of benzene rings is 2. The summed E-state index contributed by atoms with van der Waals surface area (Å²) in [5.74, 6) is -0.239. The molecule has 2 aromatic rings. The minimum atomic E-state index is -0.906. The van der Waals surface area contributed by atoms with Gasteiger partial charge in [-0.1, -0.05) is 29.8 Å². The third kappa shape index (κ3) is 6.09. The Morgan fingerprint density at radius 2 is 1.73 bits per heavy atom. The summed E-state index contributed by atoms with van der Waals surface area (Å²) in [6, 6.07) is 14.7. The van der Waals surface area contributed by atoms with Gasteiger partial charge >= 0.3 is 5.97 Å². The molecule has 0 aliphatic heterocycles. The largest absolute Gasteiger partial charge is 0.494 e. The second-order valence-corrected chi connectivity index (χ2v) is 5.77. The first-order valence-corrected chi connectivity index (χ1v) is 8.47. The van der Waals surface area contributed by atoms with Gasteiger partial charge in [-0.25, -0.2) is 4.79 Å². The van der Waals surface area contributed by atoms with Crippen molar-refractivity contribution in [1.29, 1.82) is 0 Å². The molecule has 1 unspecified atom stereocenters. The van der Waals surface area contributed by atoms with E-state index in [1.165, 1.54) is 13.0 Å². The van der Waals surface area contributed by atoms with Gasteiger partial charge in [0.05, 0.1) is 6.61 Å². The molecular formula is C21H23NO4. The molecular weight excluding hydrogens is 330 g/mol. The van der Waals surface area contributed by atoms with E-state index in [-0.39, 0.29) is 0 Å². The number of ether oxygens (including phenoxy) is 2. The molecule has 0 bridgehead atoms. The number of carbonyl (C=O) groups is 2. The monoisotopic (exact) mass is 353 g/mol. The lowest BCUT2D eigenvalue weighted by Gasteiger charge is -2.12. The minimum Gasteiger partial charge on any atom is -0.494 e. The maximum absolute atomic E-state index is 12.1. The summed E-state index contributed by atoms with van der Waals surface area (Å²) in [6.07, 6.45) is 2.06. The van der Waals surface area contributed by atoms with Crippen molar-refractivity contribution >= 4 is 23.6 Å². The Morgan fingerprint density at radius 3 is 2.35 bits per heavy atom. The summed E-state index contributed by atoms with van der Waals surface area (Å²) in [7, 11) is 0. The van der Waals surface area contributed by atoms with Crippen LogP contribution in [0.1, 0.15) is 25.0 Å². The Kier molecular flexibility index (Phi) is 6.97. The highest BCUT2D eigenvalue weighted by molar-refractivity contribution is 5.96. The predicted octanol–water partition coefficient (Wildman–Crippen LogP) is 3.98. The number of esters is 1. The van der Waals surface area contributed by atoms with E-state index in [0.29, 0.717) is 12.3 Å². The van der Waals surface area contributed by atoms with Gasteiger partial charge in [0, 0.05) is 11.8 Å². The fourth-order valence-corrected chi connectivity index (χ4v) is 2.15. The van der Waals surface area contributed by atoms with Gasteiger partial charge < -0.3 is 14.8 Å². The number of anilines is 1. The van der Waals surface area contributed by atoms with Gasteiger partial charge in [-0.05, 0) is 56.7 Å². The first-order valence-electron chi connectivity index (χ1n) is 8.47. The van der Waals surface area contributed by atoms with Crippen LogP contribution in [-0.4, -0.2) is 24.6 Å². The van der Waals surface area contributed by atoms with E-state index >= 15 is 0 Å². The molecule has 5 nitrogen and oxygen atoms in total. The van der Waals surface area contributed by atoms with E-state index in [9.17, 15) is 9.59 Å². The normalized spacial score (nSPS) is 11.8. The third-order valence-corrected chi connectivity index (χ3v) is 3.58. The fourth-order valence-electron chi connectivity index (χ4n) is 2.15. The Bertz CT molecular complexity index is 764. The molecule has 0 aliphatic rings. The lowest BCUT2D eigenvalue weighted by atomic mass is 10.1. The van der Waals surface area contributed by atoms with Gasteiger partial charge in [-0.15, -0.1) is 0 Å². The molecule has 0 aliphatic carbocycles. The average molecular weight is 353 g/mol. The minimum absolute atomic E-state index is 0.397. The molecule has 0 heterocycles. The maximum Gasteiger partial charge on any atom is 0.331 e. The number of nitrogens with one attached hydrogen (secondary N) is 1. The van der Waals surface area contributed by atoms with Gasteiger partial charge in [-0.2, -0.15) is 0 Å². The molecule has 136 valence electrons. The molecule has 5 heteroatoms. The second-order valence-electron chi connectivity index (χ2n) is 5.77.